The number of piperazine rings is 1. The number of benzene rings is 2. The van der Waals surface area contributed by atoms with Crippen LogP contribution in [0.4, 0.5) is 5.95 Å². The van der Waals surface area contributed by atoms with Crippen molar-refractivity contribution in [2.45, 2.75) is 44.6 Å². The van der Waals surface area contributed by atoms with Gasteiger partial charge in [-0.1, -0.05) is 55.7 Å². The summed E-state index contributed by atoms with van der Waals surface area (Å²) in [6.07, 6.45) is 12.7. The van der Waals surface area contributed by atoms with E-state index in [2.05, 4.69) is 55.8 Å². The molecule has 1 saturated carbocycles. The molecule has 0 spiro atoms. The van der Waals surface area contributed by atoms with Crippen molar-refractivity contribution in [1.82, 2.24) is 19.4 Å². The highest BCUT2D eigenvalue weighted by Gasteiger charge is 2.31. The average Bonchev–Trinajstić information content (AvgIpc) is 3.23. The van der Waals surface area contributed by atoms with E-state index in [9.17, 15) is 9.59 Å². The van der Waals surface area contributed by atoms with Crippen LogP contribution in [-0.4, -0.2) is 57.8 Å². The Bertz CT molecular complexity index is 1610. The lowest BCUT2D eigenvalue weighted by Crippen LogP contribution is -2.49. The second-order valence-corrected chi connectivity index (χ2v) is 11.2. The van der Waals surface area contributed by atoms with Crippen LogP contribution < -0.4 is 4.90 Å². The molecule has 4 aromatic rings. The van der Waals surface area contributed by atoms with Gasteiger partial charge in [-0.05, 0) is 48.1 Å². The molecule has 7 nitrogen and oxygen atoms in total. The van der Waals surface area contributed by atoms with E-state index in [1.165, 1.54) is 54.3 Å². The molecule has 2 aromatic heterocycles. The van der Waals surface area contributed by atoms with Crippen LogP contribution in [0.5, 0.6) is 0 Å². The Morgan fingerprint density at radius 2 is 1.68 bits per heavy atom. The highest BCUT2D eigenvalue weighted by atomic mass is 16.2. The third kappa shape index (κ3) is 4.30. The molecular weight excluding hydrogens is 498 g/mol. The summed E-state index contributed by atoms with van der Waals surface area (Å²) < 4.78 is 2.32. The summed E-state index contributed by atoms with van der Waals surface area (Å²) in [5.41, 5.74) is 7.33. The number of amides is 1. The fourth-order valence-corrected chi connectivity index (χ4v) is 6.86. The normalized spacial score (nSPS) is 17.6. The molecule has 4 heterocycles. The molecule has 40 heavy (non-hydrogen) atoms. The molecule has 202 valence electrons. The van der Waals surface area contributed by atoms with E-state index in [0.29, 0.717) is 50.2 Å². The van der Waals surface area contributed by atoms with Gasteiger partial charge < -0.3 is 14.4 Å². The highest BCUT2D eigenvalue weighted by Crippen LogP contribution is 2.46. The number of carbonyl (C=O) groups is 2. The minimum atomic E-state index is 0.0730. The van der Waals surface area contributed by atoms with Crippen molar-refractivity contribution < 1.29 is 9.59 Å². The standard InChI is InChI=1S/C33H33N5O2/c39-22-23-11-12-28-29(19-23)38-21-26(32(40)36-15-17-37(18-16-36)33-34-13-6-14-35-33)20-25-9-4-5-10-27(25)31(38)30(28)24-7-2-1-3-8-24/h4-6,9-14,19-20,22,24H,1-3,7-8,15-18,21H2. The first-order valence-corrected chi connectivity index (χ1v) is 14.4. The lowest BCUT2D eigenvalue weighted by atomic mass is 9.81. The first kappa shape index (κ1) is 24.8. The summed E-state index contributed by atoms with van der Waals surface area (Å²) in [5.74, 6) is 1.26. The van der Waals surface area contributed by atoms with Crippen molar-refractivity contribution in [1.29, 1.82) is 0 Å². The molecule has 7 heteroatoms. The predicted molar refractivity (Wildman–Crippen MR) is 157 cm³/mol. The van der Waals surface area contributed by atoms with E-state index in [-0.39, 0.29) is 5.91 Å². The van der Waals surface area contributed by atoms with Crippen LogP contribution in [0.15, 0.2) is 66.5 Å². The van der Waals surface area contributed by atoms with Crippen LogP contribution >= 0.6 is 0 Å². The SMILES string of the molecule is O=Cc1ccc2c(C3CCCCC3)c3n(c2c1)CC(C(=O)N1CCN(c2ncccn2)CC1)=Cc1ccccc1-3. The maximum Gasteiger partial charge on any atom is 0.251 e. The third-order valence-corrected chi connectivity index (χ3v) is 8.83. The number of fused-ring (bicyclic) bond motifs is 5. The number of hydrogen-bond acceptors (Lipinski definition) is 5. The zero-order chi connectivity index (χ0) is 27.1. The lowest BCUT2D eigenvalue weighted by molar-refractivity contribution is -0.127. The fraction of sp³-hybridized carbons (Fsp3) is 0.333. The minimum Gasteiger partial charge on any atom is -0.337 e. The molecule has 2 aromatic carbocycles. The maximum atomic E-state index is 14.1. The Morgan fingerprint density at radius 1 is 0.900 bits per heavy atom. The van der Waals surface area contributed by atoms with Gasteiger partial charge in [-0.25, -0.2) is 9.97 Å². The number of anilines is 1. The van der Waals surface area contributed by atoms with Crippen molar-refractivity contribution in [3.05, 3.63) is 83.2 Å². The van der Waals surface area contributed by atoms with Gasteiger partial charge in [0, 0.05) is 66.2 Å². The van der Waals surface area contributed by atoms with Crippen molar-refractivity contribution in [2.24, 2.45) is 0 Å². The van der Waals surface area contributed by atoms with E-state index in [0.717, 1.165) is 22.9 Å². The monoisotopic (exact) mass is 531 g/mol. The number of carbonyl (C=O) groups excluding carboxylic acids is 2. The number of aldehydes is 1. The van der Waals surface area contributed by atoms with Crippen molar-refractivity contribution >= 4 is 35.1 Å². The topological polar surface area (TPSA) is 71.3 Å². The van der Waals surface area contributed by atoms with E-state index >= 15 is 0 Å². The van der Waals surface area contributed by atoms with E-state index in [4.69, 9.17) is 0 Å². The second-order valence-electron chi connectivity index (χ2n) is 11.2. The van der Waals surface area contributed by atoms with Gasteiger partial charge in [0.2, 0.25) is 5.95 Å². The van der Waals surface area contributed by atoms with Crippen LogP contribution in [0.1, 0.15) is 59.5 Å². The molecule has 1 amide bonds. The molecule has 1 saturated heterocycles. The van der Waals surface area contributed by atoms with Crippen LogP contribution in [0.2, 0.25) is 0 Å². The molecule has 2 fully saturated rings. The molecule has 0 atom stereocenters. The second kappa shape index (κ2) is 10.4. The molecule has 0 N–H and O–H groups in total. The Balaban J connectivity index is 1.29. The molecule has 1 aliphatic carbocycles. The van der Waals surface area contributed by atoms with Crippen molar-refractivity contribution in [3.63, 3.8) is 0 Å². The summed E-state index contributed by atoms with van der Waals surface area (Å²) in [6.45, 7) is 3.13. The van der Waals surface area contributed by atoms with Gasteiger partial charge in [0.1, 0.15) is 6.29 Å². The zero-order valence-electron chi connectivity index (χ0n) is 22.6. The van der Waals surface area contributed by atoms with Gasteiger partial charge in [0.25, 0.3) is 5.91 Å². The molecule has 7 rings (SSSR count). The number of aromatic nitrogens is 3. The highest BCUT2D eigenvalue weighted by molar-refractivity contribution is 6.03. The Morgan fingerprint density at radius 3 is 2.45 bits per heavy atom. The summed E-state index contributed by atoms with van der Waals surface area (Å²) in [7, 11) is 0. The summed E-state index contributed by atoms with van der Waals surface area (Å²) in [4.78, 5) is 38.7. The van der Waals surface area contributed by atoms with Gasteiger partial charge in [0.05, 0.1) is 12.2 Å². The largest absolute Gasteiger partial charge is 0.337 e. The number of rotatable bonds is 4. The average molecular weight is 532 g/mol. The summed E-state index contributed by atoms with van der Waals surface area (Å²) >= 11 is 0. The molecular formula is C33H33N5O2. The summed E-state index contributed by atoms with van der Waals surface area (Å²) in [5, 5.41) is 1.22. The van der Waals surface area contributed by atoms with Gasteiger partial charge in [-0.3, -0.25) is 9.59 Å². The van der Waals surface area contributed by atoms with E-state index < -0.39 is 0 Å². The zero-order valence-corrected chi connectivity index (χ0v) is 22.6. The van der Waals surface area contributed by atoms with E-state index in [1.807, 2.05) is 23.1 Å². The maximum absolute atomic E-state index is 14.1. The van der Waals surface area contributed by atoms with Crippen molar-refractivity contribution in [3.8, 4) is 11.3 Å². The molecule has 0 radical (unpaired) electrons. The number of hydrogen-bond donors (Lipinski definition) is 0. The van der Waals surface area contributed by atoms with Gasteiger partial charge in [-0.2, -0.15) is 0 Å². The lowest BCUT2D eigenvalue weighted by Gasteiger charge is -2.35. The van der Waals surface area contributed by atoms with Crippen LogP contribution in [0.25, 0.3) is 28.2 Å². The first-order valence-electron chi connectivity index (χ1n) is 14.4. The Kier molecular flexibility index (Phi) is 6.42. The molecule has 2 aliphatic heterocycles. The van der Waals surface area contributed by atoms with Gasteiger partial charge in [-0.15, -0.1) is 0 Å². The Labute approximate surface area is 234 Å². The molecule has 3 aliphatic rings. The smallest absolute Gasteiger partial charge is 0.251 e. The predicted octanol–water partition coefficient (Wildman–Crippen LogP) is 5.70. The van der Waals surface area contributed by atoms with Crippen LogP contribution in [0.3, 0.4) is 0 Å². The quantitative estimate of drug-likeness (QED) is 0.316. The van der Waals surface area contributed by atoms with Crippen LogP contribution in [-0.2, 0) is 11.3 Å². The van der Waals surface area contributed by atoms with E-state index in [1.54, 1.807) is 12.4 Å². The van der Waals surface area contributed by atoms with Gasteiger partial charge in [0.15, 0.2) is 0 Å². The molecule has 0 unspecified atom stereocenters. The minimum absolute atomic E-state index is 0.0730. The number of nitrogens with zero attached hydrogens (tertiary/aromatic N) is 5. The molecule has 0 bridgehead atoms. The van der Waals surface area contributed by atoms with Crippen molar-refractivity contribution in [2.75, 3.05) is 31.1 Å². The fourth-order valence-electron chi connectivity index (χ4n) is 6.86. The van der Waals surface area contributed by atoms with Gasteiger partial charge >= 0.3 is 0 Å². The Hall–Kier alpha value is -4.26. The van der Waals surface area contributed by atoms with Crippen LogP contribution in [0, 0.1) is 0 Å². The third-order valence-electron chi connectivity index (χ3n) is 8.83. The first-order chi connectivity index (χ1) is 19.7. The summed E-state index contributed by atoms with van der Waals surface area (Å²) in [6, 6.07) is 16.3.